The Morgan fingerprint density at radius 3 is 2.64 bits per heavy atom. The van der Waals surface area contributed by atoms with E-state index < -0.39 is 0 Å². The lowest BCUT2D eigenvalue weighted by molar-refractivity contribution is -0.119. The second-order valence-electron chi connectivity index (χ2n) is 3.51. The molecule has 0 aliphatic carbocycles. The lowest BCUT2D eigenvalue weighted by atomic mass is 10.3. The first kappa shape index (κ1) is 13.8. The summed E-state index contributed by atoms with van der Waals surface area (Å²) in [7, 11) is 0. The topological polar surface area (TPSA) is 49.3 Å². The molecule has 3 nitrogen and oxygen atoms in total. The third kappa shape index (κ3) is 7.21. The molecule has 0 fully saturated rings. The van der Waals surface area contributed by atoms with Gasteiger partial charge >= 0.3 is 0 Å². The van der Waals surface area contributed by atoms with Crippen molar-refractivity contribution >= 4 is 17.7 Å². The number of aliphatic hydroxyl groups is 1. The van der Waals surface area contributed by atoms with Gasteiger partial charge in [-0.05, 0) is 19.8 Å². The molecule has 0 heterocycles. The van der Waals surface area contributed by atoms with Crippen molar-refractivity contribution < 1.29 is 9.90 Å². The summed E-state index contributed by atoms with van der Waals surface area (Å²) in [6.45, 7) is 6.27. The van der Waals surface area contributed by atoms with Gasteiger partial charge in [-0.1, -0.05) is 13.8 Å². The van der Waals surface area contributed by atoms with Crippen molar-refractivity contribution in [1.82, 2.24) is 5.32 Å². The maximum atomic E-state index is 11.3. The monoisotopic (exact) mass is 219 g/mol. The van der Waals surface area contributed by atoms with Gasteiger partial charge in [0.25, 0.3) is 0 Å². The summed E-state index contributed by atoms with van der Waals surface area (Å²) in [6, 6.07) is 0.260. The molecule has 0 saturated carbocycles. The molecule has 0 radical (unpaired) electrons. The Morgan fingerprint density at radius 2 is 2.14 bits per heavy atom. The highest BCUT2D eigenvalue weighted by Gasteiger charge is 2.08. The molecular weight excluding hydrogens is 198 g/mol. The molecule has 0 aliphatic rings. The fourth-order valence-electron chi connectivity index (χ4n) is 0.902. The van der Waals surface area contributed by atoms with Gasteiger partial charge in [0.1, 0.15) is 0 Å². The summed E-state index contributed by atoms with van der Waals surface area (Å²) in [5.74, 6) is 0.583. The van der Waals surface area contributed by atoms with E-state index in [9.17, 15) is 4.79 Å². The van der Waals surface area contributed by atoms with Gasteiger partial charge in [0.15, 0.2) is 0 Å². The average Bonchev–Trinajstić information content (AvgIpc) is 2.15. The molecule has 0 spiro atoms. The second-order valence-corrected chi connectivity index (χ2v) is 4.94. The van der Waals surface area contributed by atoms with Crippen LogP contribution in [0.5, 0.6) is 0 Å². The number of carbonyl (C=O) groups excluding carboxylic acids is 1. The van der Waals surface area contributed by atoms with E-state index >= 15 is 0 Å². The maximum absolute atomic E-state index is 11.3. The second kappa shape index (κ2) is 8.12. The van der Waals surface area contributed by atoms with Crippen LogP contribution in [-0.4, -0.2) is 34.7 Å². The van der Waals surface area contributed by atoms with E-state index in [1.807, 2.05) is 20.8 Å². The Labute approximate surface area is 90.7 Å². The van der Waals surface area contributed by atoms with Crippen molar-refractivity contribution in [2.75, 3.05) is 12.4 Å². The minimum absolute atomic E-state index is 0.0918. The zero-order valence-electron chi connectivity index (χ0n) is 9.25. The highest BCUT2D eigenvalue weighted by molar-refractivity contribution is 8.00. The molecule has 1 amide bonds. The fraction of sp³-hybridized carbons (Fsp3) is 0.900. The van der Waals surface area contributed by atoms with E-state index in [4.69, 9.17) is 5.11 Å². The minimum atomic E-state index is 0.0918. The lowest BCUT2D eigenvalue weighted by Gasteiger charge is -2.13. The first-order valence-corrected chi connectivity index (χ1v) is 6.16. The number of aliphatic hydroxyl groups excluding tert-OH is 1. The SMILES string of the molecule is CCC(C)NC(=O)CSC(C)CCO. The van der Waals surface area contributed by atoms with Crippen LogP contribution < -0.4 is 5.32 Å². The third-order valence-electron chi connectivity index (χ3n) is 2.05. The minimum Gasteiger partial charge on any atom is -0.396 e. The molecule has 0 rings (SSSR count). The van der Waals surface area contributed by atoms with Gasteiger partial charge in [0.2, 0.25) is 5.91 Å². The molecule has 2 unspecified atom stereocenters. The zero-order valence-corrected chi connectivity index (χ0v) is 10.1. The van der Waals surface area contributed by atoms with Crippen molar-refractivity contribution in [1.29, 1.82) is 0 Å². The number of hydrogen-bond donors (Lipinski definition) is 2. The third-order valence-corrected chi connectivity index (χ3v) is 3.29. The summed E-state index contributed by atoms with van der Waals surface area (Å²) in [4.78, 5) is 11.3. The molecule has 0 aromatic carbocycles. The van der Waals surface area contributed by atoms with Gasteiger partial charge in [-0.25, -0.2) is 0 Å². The molecule has 0 saturated heterocycles. The van der Waals surface area contributed by atoms with Crippen molar-refractivity contribution in [3.05, 3.63) is 0 Å². The van der Waals surface area contributed by atoms with Crippen molar-refractivity contribution in [2.24, 2.45) is 0 Å². The summed E-state index contributed by atoms with van der Waals surface area (Å²) in [5, 5.41) is 11.9. The Bertz CT molecular complexity index is 164. The molecule has 0 aromatic rings. The molecule has 84 valence electrons. The summed E-state index contributed by atoms with van der Waals surface area (Å²) in [5.41, 5.74) is 0. The van der Waals surface area contributed by atoms with Gasteiger partial charge in [0.05, 0.1) is 5.75 Å². The Kier molecular flexibility index (Phi) is 7.99. The Balaban J connectivity index is 3.53. The fourth-order valence-corrected chi connectivity index (χ4v) is 1.69. The van der Waals surface area contributed by atoms with E-state index in [0.29, 0.717) is 11.0 Å². The standard InChI is InChI=1S/C10H21NO2S/c1-4-8(2)11-10(13)7-14-9(3)5-6-12/h8-9,12H,4-7H2,1-3H3,(H,11,13). The van der Waals surface area contributed by atoms with E-state index in [1.54, 1.807) is 11.8 Å². The Hall–Kier alpha value is -0.220. The maximum Gasteiger partial charge on any atom is 0.230 e. The van der Waals surface area contributed by atoms with E-state index in [-0.39, 0.29) is 18.6 Å². The van der Waals surface area contributed by atoms with Crippen LogP contribution in [0.15, 0.2) is 0 Å². The number of amides is 1. The predicted molar refractivity (Wildman–Crippen MR) is 61.5 cm³/mol. The first-order valence-electron chi connectivity index (χ1n) is 5.12. The van der Waals surface area contributed by atoms with E-state index in [1.165, 1.54) is 0 Å². The normalized spacial score (nSPS) is 14.9. The zero-order chi connectivity index (χ0) is 11.0. The smallest absolute Gasteiger partial charge is 0.230 e. The highest BCUT2D eigenvalue weighted by Crippen LogP contribution is 2.12. The van der Waals surface area contributed by atoms with Crippen LogP contribution in [-0.2, 0) is 4.79 Å². The molecule has 4 heteroatoms. The molecular formula is C10H21NO2S. The lowest BCUT2D eigenvalue weighted by Crippen LogP contribution is -2.33. The predicted octanol–water partition coefficient (Wildman–Crippen LogP) is 1.41. The number of nitrogens with one attached hydrogen (secondary N) is 1. The van der Waals surface area contributed by atoms with Gasteiger partial charge in [-0.15, -0.1) is 11.8 Å². The van der Waals surface area contributed by atoms with Gasteiger partial charge in [0, 0.05) is 17.9 Å². The first-order chi connectivity index (χ1) is 6.60. The van der Waals surface area contributed by atoms with Crippen LogP contribution in [0.1, 0.15) is 33.6 Å². The van der Waals surface area contributed by atoms with Crippen molar-refractivity contribution in [3.63, 3.8) is 0 Å². The van der Waals surface area contributed by atoms with Crippen LogP contribution in [0, 0.1) is 0 Å². The Morgan fingerprint density at radius 1 is 1.50 bits per heavy atom. The largest absolute Gasteiger partial charge is 0.396 e. The summed E-state index contributed by atoms with van der Waals surface area (Å²) in [6.07, 6.45) is 1.71. The van der Waals surface area contributed by atoms with Crippen LogP contribution in [0.4, 0.5) is 0 Å². The van der Waals surface area contributed by atoms with Crippen LogP contribution in [0.25, 0.3) is 0 Å². The van der Waals surface area contributed by atoms with Crippen LogP contribution in [0.3, 0.4) is 0 Å². The molecule has 0 aromatic heterocycles. The van der Waals surface area contributed by atoms with Crippen LogP contribution >= 0.6 is 11.8 Å². The molecule has 0 bridgehead atoms. The quantitative estimate of drug-likeness (QED) is 0.680. The number of carbonyl (C=O) groups is 1. The van der Waals surface area contributed by atoms with Crippen LogP contribution in [0.2, 0.25) is 0 Å². The van der Waals surface area contributed by atoms with Gasteiger partial charge < -0.3 is 10.4 Å². The molecule has 2 N–H and O–H groups in total. The molecule has 14 heavy (non-hydrogen) atoms. The van der Waals surface area contributed by atoms with Gasteiger partial charge in [-0.3, -0.25) is 4.79 Å². The number of hydrogen-bond acceptors (Lipinski definition) is 3. The molecule has 0 aliphatic heterocycles. The average molecular weight is 219 g/mol. The van der Waals surface area contributed by atoms with E-state index in [2.05, 4.69) is 5.32 Å². The highest BCUT2D eigenvalue weighted by atomic mass is 32.2. The summed E-state index contributed by atoms with van der Waals surface area (Å²) >= 11 is 1.59. The number of rotatable bonds is 7. The van der Waals surface area contributed by atoms with Crippen molar-refractivity contribution in [2.45, 2.75) is 44.9 Å². The van der Waals surface area contributed by atoms with E-state index in [0.717, 1.165) is 12.8 Å². The summed E-state index contributed by atoms with van der Waals surface area (Å²) < 4.78 is 0. The van der Waals surface area contributed by atoms with Crippen molar-refractivity contribution in [3.8, 4) is 0 Å². The molecule has 2 atom stereocenters. The number of thioether (sulfide) groups is 1. The van der Waals surface area contributed by atoms with Gasteiger partial charge in [-0.2, -0.15) is 0 Å².